The molecule has 44 heavy (non-hydrogen) atoms. The number of allylic oxidation sites excluding steroid dienone is 1. The van der Waals surface area contributed by atoms with E-state index in [-0.39, 0.29) is 11.6 Å². The lowest BCUT2D eigenvalue weighted by molar-refractivity contribution is -0.143. The number of nitrogens with one attached hydrogen (secondary N) is 2. The summed E-state index contributed by atoms with van der Waals surface area (Å²) in [6.07, 6.45) is 1.87. The SMILES string of the molecule is COC(=O)C1=C(C)N=C(C)C(C(=O)OC)C1c1cccc(NC(=O)NCCCN2CCCN(c3ccccc3OC)CC2)c1. The summed E-state index contributed by atoms with van der Waals surface area (Å²) in [7, 11) is 4.31. The van der Waals surface area contributed by atoms with Crippen LogP contribution in [0.4, 0.5) is 16.2 Å². The van der Waals surface area contributed by atoms with Gasteiger partial charge >= 0.3 is 18.0 Å². The molecule has 0 radical (unpaired) electrons. The molecule has 2 heterocycles. The fraction of sp³-hybridized carbons (Fsp3) is 0.455. The third-order valence-electron chi connectivity index (χ3n) is 8.14. The van der Waals surface area contributed by atoms with Crippen molar-refractivity contribution in [3.63, 3.8) is 0 Å². The van der Waals surface area contributed by atoms with Gasteiger partial charge in [0.15, 0.2) is 0 Å². The summed E-state index contributed by atoms with van der Waals surface area (Å²) >= 11 is 0. The molecule has 2 aliphatic heterocycles. The number of benzene rings is 2. The van der Waals surface area contributed by atoms with Crippen LogP contribution < -0.4 is 20.3 Å². The minimum atomic E-state index is -0.803. The summed E-state index contributed by atoms with van der Waals surface area (Å²) in [5, 5.41) is 5.82. The maximum absolute atomic E-state index is 12.8. The zero-order valence-corrected chi connectivity index (χ0v) is 26.2. The monoisotopic (exact) mass is 605 g/mol. The Morgan fingerprint density at radius 1 is 0.955 bits per heavy atom. The third-order valence-corrected chi connectivity index (χ3v) is 8.14. The molecule has 2 aromatic rings. The number of aliphatic imine (C=N–C) groups is 1. The number of carbonyl (C=O) groups excluding carboxylic acids is 3. The van der Waals surface area contributed by atoms with E-state index in [0.717, 1.165) is 57.0 Å². The summed E-state index contributed by atoms with van der Waals surface area (Å²) in [4.78, 5) is 47.6. The molecule has 2 atom stereocenters. The summed E-state index contributed by atoms with van der Waals surface area (Å²) in [6.45, 7) is 8.70. The van der Waals surface area contributed by atoms with E-state index in [0.29, 0.717) is 29.2 Å². The molecular weight excluding hydrogens is 562 g/mol. The molecule has 236 valence electrons. The molecule has 0 bridgehead atoms. The molecule has 4 rings (SSSR count). The van der Waals surface area contributed by atoms with E-state index in [1.165, 1.54) is 14.2 Å². The van der Waals surface area contributed by atoms with Gasteiger partial charge in [-0.2, -0.15) is 0 Å². The maximum atomic E-state index is 12.8. The number of urea groups is 1. The number of methoxy groups -OCH3 is 3. The number of carbonyl (C=O) groups is 3. The second kappa shape index (κ2) is 15.4. The predicted molar refractivity (Wildman–Crippen MR) is 170 cm³/mol. The van der Waals surface area contributed by atoms with Gasteiger partial charge in [-0.3, -0.25) is 9.79 Å². The van der Waals surface area contributed by atoms with Crippen molar-refractivity contribution in [1.82, 2.24) is 10.2 Å². The Morgan fingerprint density at radius 3 is 2.50 bits per heavy atom. The van der Waals surface area contributed by atoms with Crippen LogP contribution >= 0.6 is 0 Å². The second-order valence-corrected chi connectivity index (χ2v) is 10.9. The molecule has 0 spiro atoms. The Morgan fingerprint density at radius 2 is 1.75 bits per heavy atom. The Bertz CT molecular complexity index is 1410. The average molecular weight is 606 g/mol. The van der Waals surface area contributed by atoms with Crippen LogP contribution in [0.1, 0.15) is 38.2 Å². The van der Waals surface area contributed by atoms with Crippen LogP contribution in [-0.4, -0.2) is 89.2 Å². The van der Waals surface area contributed by atoms with Crippen LogP contribution in [-0.2, 0) is 19.1 Å². The quantitative estimate of drug-likeness (QED) is 0.305. The molecule has 0 aliphatic carbocycles. The minimum Gasteiger partial charge on any atom is -0.495 e. The van der Waals surface area contributed by atoms with E-state index >= 15 is 0 Å². The number of hydrogen-bond donors (Lipinski definition) is 2. The van der Waals surface area contributed by atoms with Crippen molar-refractivity contribution >= 4 is 35.1 Å². The molecule has 0 aromatic heterocycles. The molecule has 2 N–H and O–H groups in total. The summed E-state index contributed by atoms with van der Waals surface area (Å²) in [6, 6.07) is 14.9. The van der Waals surface area contributed by atoms with Gasteiger partial charge in [-0.1, -0.05) is 24.3 Å². The van der Waals surface area contributed by atoms with E-state index in [4.69, 9.17) is 14.2 Å². The van der Waals surface area contributed by atoms with Gasteiger partial charge in [0, 0.05) is 49.2 Å². The van der Waals surface area contributed by atoms with Gasteiger partial charge < -0.3 is 34.6 Å². The highest BCUT2D eigenvalue weighted by molar-refractivity contribution is 6.07. The average Bonchev–Trinajstić information content (AvgIpc) is 3.27. The summed E-state index contributed by atoms with van der Waals surface area (Å²) in [5.74, 6) is -1.65. The highest BCUT2D eigenvalue weighted by atomic mass is 16.5. The van der Waals surface area contributed by atoms with Gasteiger partial charge in [-0.05, 0) is 69.6 Å². The Kier molecular flexibility index (Phi) is 11.4. The first-order chi connectivity index (χ1) is 21.3. The zero-order chi connectivity index (χ0) is 31.6. The molecular formula is C33H43N5O6. The Balaban J connectivity index is 1.32. The fourth-order valence-electron chi connectivity index (χ4n) is 6.02. The molecule has 11 nitrogen and oxygen atoms in total. The first-order valence-corrected chi connectivity index (χ1v) is 14.9. The first-order valence-electron chi connectivity index (χ1n) is 14.9. The highest BCUT2D eigenvalue weighted by Crippen LogP contribution is 2.40. The van der Waals surface area contributed by atoms with Crippen molar-refractivity contribution in [2.75, 3.05) is 70.8 Å². The number of esters is 2. The van der Waals surface area contributed by atoms with Crippen molar-refractivity contribution in [1.29, 1.82) is 0 Å². The molecule has 0 saturated carbocycles. The van der Waals surface area contributed by atoms with E-state index in [9.17, 15) is 14.4 Å². The van der Waals surface area contributed by atoms with Gasteiger partial charge in [0.2, 0.25) is 0 Å². The largest absolute Gasteiger partial charge is 0.495 e. The fourth-order valence-corrected chi connectivity index (χ4v) is 6.02. The van der Waals surface area contributed by atoms with Gasteiger partial charge in [-0.15, -0.1) is 0 Å². The summed E-state index contributed by atoms with van der Waals surface area (Å²) in [5.41, 5.74) is 3.63. The Labute approximate surface area is 259 Å². The molecule has 2 amide bonds. The number of rotatable bonds is 10. The standard InChI is InChI=1S/C33H43N5O6/c1-22-28(31(39)43-4)30(29(23(2)35-22)32(40)44-5)24-11-8-12-25(21-24)36-33(41)34-15-9-16-37-17-10-18-38(20-19-37)26-13-6-7-14-27(26)42-3/h6-8,11-14,21,28,30H,9-10,15-20H2,1-5H3,(H2,34,36,41). The smallest absolute Gasteiger partial charge is 0.336 e. The number of hydrogen-bond acceptors (Lipinski definition) is 9. The normalized spacial score (nSPS) is 19.0. The number of para-hydroxylation sites is 2. The molecule has 2 unspecified atom stereocenters. The van der Waals surface area contributed by atoms with Crippen LogP contribution in [0.25, 0.3) is 0 Å². The predicted octanol–water partition coefficient (Wildman–Crippen LogP) is 4.21. The van der Waals surface area contributed by atoms with Gasteiger partial charge in [0.1, 0.15) is 11.7 Å². The van der Waals surface area contributed by atoms with Crippen molar-refractivity contribution in [3.05, 3.63) is 65.4 Å². The van der Waals surface area contributed by atoms with E-state index < -0.39 is 23.8 Å². The number of ether oxygens (including phenoxy) is 3. The zero-order valence-electron chi connectivity index (χ0n) is 26.2. The molecule has 11 heteroatoms. The number of nitrogens with zero attached hydrogens (tertiary/aromatic N) is 3. The second-order valence-electron chi connectivity index (χ2n) is 10.9. The lowest BCUT2D eigenvalue weighted by atomic mass is 9.75. The molecule has 1 fully saturated rings. The van der Waals surface area contributed by atoms with Crippen LogP contribution in [0.2, 0.25) is 0 Å². The van der Waals surface area contributed by atoms with Gasteiger partial charge in [0.25, 0.3) is 0 Å². The van der Waals surface area contributed by atoms with E-state index in [2.05, 4.69) is 31.5 Å². The molecule has 2 aromatic carbocycles. The van der Waals surface area contributed by atoms with Crippen molar-refractivity contribution in [3.8, 4) is 5.75 Å². The van der Waals surface area contributed by atoms with Crippen LogP contribution in [0.3, 0.4) is 0 Å². The van der Waals surface area contributed by atoms with Crippen LogP contribution in [0.5, 0.6) is 5.75 Å². The van der Waals surface area contributed by atoms with Crippen molar-refractivity contribution in [2.45, 2.75) is 32.6 Å². The van der Waals surface area contributed by atoms with E-state index in [1.54, 1.807) is 39.2 Å². The highest BCUT2D eigenvalue weighted by Gasteiger charge is 2.42. The molecule has 1 saturated heterocycles. The van der Waals surface area contributed by atoms with Crippen LogP contribution in [0.15, 0.2) is 64.8 Å². The number of amides is 2. The molecule has 2 aliphatic rings. The maximum Gasteiger partial charge on any atom is 0.336 e. The van der Waals surface area contributed by atoms with Crippen molar-refractivity contribution < 1.29 is 28.6 Å². The first kappa shape index (κ1) is 32.5. The van der Waals surface area contributed by atoms with Gasteiger partial charge in [-0.25, -0.2) is 9.59 Å². The Hall–Kier alpha value is -4.38. The van der Waals surface area contributed by atoms with Crippen LogP contribution in [0, 0.1) is 5.92 Å². The van der Waals surface area contributed by atoms with E-state index in [1.807, 2.05) is 24.3 Å². The summed E-state index contributed by atoms with van der Waals surface area (Å²) < 4.78 is 15.6. The third kappa shape index (κ3) is 7.76. The number of anilines is 2. The minimum absolute atomic E-state index is 0.287. The van der Waals surface area contributed by atoms with Gasteiger partial charge in [0.05, 0.1) is 32.6 Å². The topological polar surface area (TPSA) is 122 Å². The lowest BCUT2D eigenvalue weighted by Crippen LogP contribution is -2.36. The van der Waals surface area contributed by atoms with Crippen molar-refractivity contribution in [2.24, 2.45) is 10.9 Å². The lowest BCUT2D eigenvalue weighted by Gasteiger charge is -2.31.